The Balaban J connectivity index is 1.74. The Labute approximate surface area is 175 Å². The Morgan fingerprint density at radius 3 is 2.34 bits per heavy atom. The van der Waals surface area contributed by atoms with Crippen molar-refractivity contribution in [1.82, 2.24) is 15.8 Å². The predicted octanol–water partition coefficient (Wildman–Crippen LogP) is 2.74. The molecule has 3 rings (SSSR count). The molecule has 2 aromatic heterocycles. The maximum Gasteiger partial charge on any atom is 0.272 e. The van der Waals surface area contributed by atoms with Gasteiger partial charge in [-0.3, -0.25) is 25.2 Å². The molecular formula is C18H16N4O4S3. The van der Waals surface area contributed by atoms with Gasteiger partial charge in [-0.05, 0) is 42.0 Å². The lowest BCUT2D eigenvalue weighted by Gasteiger charge is -2.13. The summed E-state index contributed by atoms with van der Waals surface area (Å²) in [5.74, 6) is -1.20. The molecule has 29 heavy (non-hydrogen) atoms. The summed E-state index contributed by atoms with van der Waals surface area (Å²) in [4.78, 5) is 29.0. The van der Waals surface area contributed by atoms with Crippen LogP contribution in [0.15, 0.2) is 69.3 Å². The summed E-state index contributed by atoms with van der Waals surface area (Å²) in [7, 11) is -3.82. The van der Waals surface area contributed by atoms with Crippen molar-refractivity contribution in [2.24, 2.45) is 0 Å². The third-order valence-electron chi connectivity index (χ3n) is 3.67. The molecule has 0 aliphatic rings. The molecule has 1 aromatic carbocycles. The Kier molecular flexibility index (Phi) is 6.52. The van der Waals surface area contributed by atoms with Crippen molar-refractivity contribution < 1.29 is 18.0 Å². The van der Waals surface area contributed by atoms with Crippen molar-refractivity contribution in [3.05, 3.63) is 71.2 Å². The predicted molar refractivity (Wildman–Crippen MR) is 113 cm³/mol. The average Bonchev–Trinajstić information content (AvgIpc) is 3.28. The maximum atomic E-state index is 12.5. The highest BCUT2D eigenvalue weighted by Crippen LogP contribution is 2.23. The molecule has 0 saturated heterocycles. The number of rotatable bonds is 6. The summed E-state index contributed by atoms with van der Waals surface area (Å²) in [5.41, 5.74) is 5.09. The molecule has 0 aliphatic heterocycles. The topological polar surface area (TPSA) is 117 Å². The minimum absolute atomic E-state index is 0.0595. The minimum atomic E-state index is -3.82. The van der Waals surface area contributed by atoms with E-state index in [-0.39, 0.29) is 15.5 Å². The fourth-order valence-electron chi connectivity index (χ4n) is 2.36. The molecule has 0 unspecified atom stereocenters. The summed E-state index contributed by atoms with van der Waals surface area (Å²) in [6, 6.07) is 12.4. The second-order valence-corrected chi connectivity index (χ2v) is 9.20. The van der Waals surface area contributed by atoms with Crippen molar-refractivity contribution in [1.29, 1.82) is 0 Å². The van der Waals surface area contributed by atoms with Gasteiger partial charge in [0.2, 0.25) is 0 Å². The van der Waals surface area contributed by atoms with Crippen LogP contribution in [0.5, 0.6) is 0 Å². The van der Waals surface area contributed by atoms with Gasteiger partial charge in [0.1, 0.15) is 9.24 Å². The summed E-state index contributed by atoms with van der Waals surface area (Å²) < 4.78 is 27.4. The third-order valence-corrected chi connectivity index (χ3v) is 7.15. The van der Waals surface area contributed by atoms with Gasteiger partial charge in [0.05, 0.1) is 16.8 Å². The Morgan fingerprint density at radius 1 is 0.966 bits per heavy atom. The normalized spacial score (nSPS) is 10.9. The van der Waals surface area contributed by atoms with Crippen molar-refractivity contribution >= 4 is 50.6 Å². The SMILES string of the molecule is CSc1ncccc1C(=O)NNC(=O)c1ccccc1NS(=O)(=O)c1cccs1. The number of carbonyl (C=O) groups is 2. The van der Waals surface area contributed by atoms with Crippen molar-refractivity contribution in [3.63, 3.8) is 0 Å². The number of hydrazine groups is 1. The monoisotopic (exact) mass is 448 g/mol. The van der Waals surface area contributed by atoms with Crippen LogP contribution >= 0.6 is 23.1 Å². The molecule has 0 atom stereocenters. The van der Waals surface area contributed by atoms with E-state index in [9.17, 15) is 18.0 Å². The lowest BCUT2D eigenvalue weighted by atomic mass is 10.2. The van der Waals surface area contributed by atoms with Crippen molar-refractivity contribution in [2.75, 3.05) is 11.0 Å². The van der Waals surface area contributed by atoms with Gasteiger partial charge in [0.25, 0.3) is 21.8 Å². The molecule has 0 spiro atoms. The van der Waals surface area contributed by atoms with Crippen LogP contribution in [0.4, 0.5) is 5.69 Å². The number of aromatic nitrogens is 1. The van der Waals surface area contributed by atoms with Crippen LogP contribution < -0.4 is 15.6 Å². The van der Waals surface area contributed by atoms with E-state index in [0.29, 0.717) is 10.6 Å². The number of hydrogen-bond donors (Lipinski definition) is 3. The van der Waals surface area contributed by atoms with Crippen LogP contribution in [0.2, 0.25) is 0 Å². The van der Waals surface area contributed by atoms with E-state index < -0.39 is 21.8 Å². The Morgan fingerprint density at radius 2 is 1.66 bits per heavy atom. The molecule has 8 nitrogen and oxygen atoms in total. The van der Waals surface area contributed by atoms with E-state index in [0.717, 1.165) is 11.3 Å². The van der Waals surface area contributed by atoms with Crippen LogP contribution in [0.1, 0.15) is 20.7 Å². The number of benzene rings is 1. The molecule has 0 bridgehead atoms. The molecule has 2 amide bonds. The van der Waals surface area contributed by atoms with Gasteiger partial charge >= 0.3 is 0 Å². The number of nitrogens with zero attached hydrogens (tertiary/aromatic N) is 1. The summed E-state index contributed by atoms with van der Waals surface area (Å²) >= 11 is 2.36. The number of hydrogen-bond acceptors (Lipinski definition) is 7. The molecule has 3 aromatic rings. The second kappa shape index (κ2) is 9.07. The zero-order valence-electron chi connectivity index (χ0n) is 15.1. The highest BCUT2D eigenvalue weighted by atomic mass is 32.2. The summed E-state index contributed by atoms with van der Waals surface area (Å²) in [6.45, 7) is 0. The first-order valence-corrected chi connectivity index (χ1v) is 11.8. The standard InChI is InChI=1S/C18H16N4O4S3/c1-27-18-13(7-4-10-19-18)17(24)21-20-16(23)12-6-2-3-8-14(12)22-29(25,26)15-9-5-11-28-15/h2-11,22H,1H3,(H,20,23)(H,21,24). The zero-order valence-corrected chi connectivity index (χ0v) is 17.5. The van der Waals surface area contributed by atoms with Crippen LogP contribution in [-0.4, -0.2) is 31.5 Å². The molecule has 2 heterocycles. The van der Waals surface area contributed by atoms with Crippen LogP contribution in [-0.2, 0) is 10.0 Å². The number of amides is 2. The van der Waals surface area contributed by atoms with E-state index in [1.54, 1.807) is 48.2 Å². The van der Waals surface area contributed by atoms with Gasteiger partial charge in [-0.25, -0.2) is 13.4 Å². The Bertz CT molecular complexity index is 1130. The molecule has 3 N–H and O–H groups in total. The average molecular weight is 449 g/mol. The van der Waals surface area contributed by atoms with E-state index in [2.05, 4.69) is 20.6 Å². The fourth-order valence-corrected chi connectivity index (χ4v) is 4.98. The van der Waals surface area contributed by atoms with E-state index in [1.165, 1.54) is 30.0 Å². The van der Waals surface area contributed by atoms with Gasteiger partial charge < -0.3 is 0 Å². The smallest absolute Gasteiger partial charge is 0.272 e. The van der Waals surface area contributed by atoms with Gasteiger partial charge in [0.15, 0.2) is 0 Å². The summed E-state index contributed by atoms with van der Waals surface area (Å²) in [5, 5.41) is 2.16. The molecule has 0 fully saturated rings. The van der Waals surface area contributed by atoms with E-state index >= 15 is 0 Å². The zero-order chi connectivity index (χ0) is 20.9. The first kappa shape index (κ1) is 20.8. The Hall–Kier alpha value is -2.89. The first-order chi connectivity index (χ1) is 13.9. The van der Waals surface area contributed by atoms with Crippen LogP contribution in [0.25, 0.3) is 0 Å². The fraction of sp³-hybridized carbons (Fsp3) is 0.0556. The molecule has 0 radical (unpaired) electrons. The molecular weight excluding hydrogens is 432 g/mol. The number of pyridine rings is 1. The molecule has 150 valence electrons. The largest absolute Gasteiger partial charge is 0.278 e. The molecule has 0 saturated carbocycles. The lowest BCUT2D eigenvalue weighted by Crippen LogP contribution is -2.42. The van der Waals surface area contributed by atoms with Crippen molar-refractivity contribution in [2.45, 2.75) is 9.24 Å². The number of sulfonamides is 1. The maximum absolute atomic E-state index is 12.5. The highest BCUT2D eigenvalue weighted by molar-refractivity contribution is 7.98. The number of para-hydroxylation sites is 1. The van der Waals surface area contributed by atoms with Crippen molar-refractivity contribution in [3.8, 4) is 0 Å². The second-order valence-electron chi connectivity index (χ2n) is 5.55. The molecule has 11 heteroatoms. The van der Waals surface area contributed by atoms with Gasteiger partial charge in [-0.15, -0.1) is 23.1 Å². The minimum Gasteiger partial charge on any atom is -0.278 e. The van der Waals surface area contributed by atoms with Crippen LogP contribution in [0.3, 0.4) is 0 Å². The van der Waals surface area contributed by atoms with Crippen LogP contribution in [0, 0.1) is 0 Å². The lowest BCUT2D eigenvalue weighted by molar-refractivity contribution is 0.0845. The van der Waals surface area contributed by atoms with Gasteiger partial charge in [-0.1, -0.05) is 18.2 Å². The quantitative estimate of drug-likeness (QED) is 0.394. The number of anilines is 1. The molecule has 0 aliphatic carbocycles. The number of nitrogens with one attached hydrogen (secondary N) is 3. The van der Waals surface area contributed by atoms with Gasteiger partial charge in [0, 0.05) is 6.20 Å². The third kappa shape index (κ3) is 4.94. The highest BCUT2D eigenvalue weighted by Gasteiger charge is 2.20. The van der Waals surface area contributed by atoms with Gasteiger partial charge in [-0.2, -0.15) is 0 Å². The first-order valence-electron chi connectivity index (χ1n) is 8.17. The number of thioether (sulfide) groups is 1. The van der Waals surface area contributed by atoms with E-state index in [1.807, 2.05) is 0 Å². The summed E-state index contributed by atoms with van der Waals surface area (Å²) in [6.07, 6.45) is 3.35. The van der Waals surface area contributed by atoms with E-state index in [4.69, 9.17) is 0 Å². The number of carbonyl (C=O) groups excluding carboxylic acids is 2. The number of thiophene rings is 1.